The van der Waals surface area contributed by atoms with E-state index >= 15 is 0 Å². The molecule has 2 unspecified atom stereocenters. The van der Waals surface area contributed by atoms with Crippen molar-refractivity contribution in [3.05, 3.63) is 0 Å². The van der Waals surface area contributed by atoms with Crippen molar-refractivity contribution in [1.82, 2.24) is 10.2 Å². The molecule has 1 saturated heterocycles. The van der Waals surface area contributed by atoms with Gasteiger partial charge < -0.3 is 10.2 Å². The van der Waals surface area contributed by atoms with Crippen molar-refractivity contribution in [2.24, 2.45) is 0 Å². The van der Waals surface area contributed by atoms with Crippen LogP contribution >= 0.6 is 0 Å². The minimum atomic E-state index is -0.712. The zero-order valence-corrected chi connectivity index (χ0v) is 11.4. The first-order chi connectivity index (χ1) is 7.96. The van der Waals surface area contributed by atoms with E-state index in [2.05, 4.69) is 12.2 Å². The van der Waals surface area contributed by atoms with E-state index in [1.807, 2.05) is 13.8 Å². The van der Waals surface area contributed by atoms with Gasteiger partial charge in [-0.05, 0) is 26.7 Å². The summed E-state index contributed by atoms with van der Waals surface area (Å²) in [5, 5.41) is 2.83. The molecule has 0 bridgehead atoms. The van der Waals surface area contributed by atoms with Crippen LogP contribution in [0.4, 0.5) is 0 Å². The minimum Gasteiger partial charge on any atom is -0.340 e. The highest BCUT2D eigenvalue weighted by atomic mass is 16.2. The lowest BCUT2D eigenvalue weighted by molar-refractivity contribution is -0.153. The molecule has 1 heterocycles. The van der Waals surface area contributed by atoms with E-state index in [-0.39, 0.29) is 17.9 Å². The largest absolute Gasteiger partial charge is 0.340 e. The van der Waals surface area contributed by atoms with Gasteiger partial charge in [-0.1, -0.05) is 26.7 Å². The summed E-state index contributed by atoms with van der Waals surface area (Å²) in [6.07, 6.45) is 3.82. The third-order valence-corrected chi connectivity index (χ3v) is 3.69. The summed E-state index contributed by atoms with van der Waals surface area (Å²) in [6.45, 7) is 8.36. The number of nitrogens with one attached hydrogen (secondary N) is 1. The van der Waals surface area contributed by atoms with Gasteiger partial charge in [-0.15, -0.1) is 0 Å². The number of hydrogen-bond donors (Lipinski definition) is 1. The van der Waals surface area contributed by atoms with E-state index in [9.17, 15) is 9.59 Å². The van der Waals surface area contributed by atoms with Gasteiger partial charge in [0.25, 0.3) is 0 Å². The minimum absolute atomic E-state index is 0.0366. The standard InChI is InChI=1S/C13H24N2O2/c1-5-7-8-9-15-10(3)11(16)14-13(4,6-2)12(15)17/h10H,5-9H2,1-4H3,(H,14,16). The molecule has 0 aromatic carbocycles. The Balaban J connectivity index is 2.77. The Labute approximate surface area is 104 Å². The number of unbranched alkanes of at least 4 members (excludes halogenated alkanes) is 2. The summed E-state index contributed by atoms with van der Waals surface area (Å²) >= 11 is 0. The van der Waals surface area contributed by atoms with E-state index in [1.165, 1.54) is 0 Å². The van der Waals surface area contributed by atoms with Crippen molar-refractivity contribution < 1.29 is 9.59 Å². The van der Waals surface area contributed by atoms with E-state index < -0.39 is 5.54 Å². The highest BCUT2D eigenvalue weighted by Gasteiger charge is 2.44. The van der Waals surface area contributed by atoms with Crippen molar-refractivity contribution in [2.45, 2.75) is 65.0 Å². The maximum Gasteiger partial charge on any atom is 0.248 e. The van der Waals surface area contributed by atoms with Crippen LogP contribution in [0.25, 0.3) is 0 Å². The third-order valence-electron chi connectivity index (χ3n) is 3.69. The number of rotatable bonds is 5. The molecule has 4 heteroatoms. The van der Waals surface area contributed by atoms with Crippen molar-refractivity contribution in [3.63, 3.8) is 0 Å². The molecular weight excluding hydrogens is 216 g/mol. The number of carbonyl (C=O) groups excluding carboxylic acids is 2. The van der Waals surface area contributed by atoms with Crippen LogP contribution in [0.3, 0.4) is 0 Å². The van der Waals surface area contributed by atoms with Gasteiger partial charge >= 0.3 is 0 Å². The molecule has 17 heavy (non-hydrogen) atoms. The molecule has 1 rings (SSSR count). The second-order valence-electron chi connectivity index (χ2n) is 5.06. The summed E-state index contributed by atoms with van der Waals surface area (Å²) in [5.74, 6) is 0.0219. The van der Waals surface area contributed by atoms with Gasteiger partial charge in [0.05, 0.1) is 0 Å². The monoisotopic (exact) mass is 240 g/mol. The Bertz CT molecular complexity index is 304. The lowest BCUT2D eigenvalue weighted by Gasteiger charge is -2.43. The second kappa shape index (κ2) is 5.52. The zero-order valence-electron chi connectivity index (χ0n) is 11.4. The number of hydrogen-bond acceptors (Lipinski definition) is 2. The van der Waals surface area contributed by atoms with E-state index in [0.717, 1.165) is 19.3 Å². The maximum absolute atomic E-state index is 12.3. The lowest BCUT2D eigenvalue weighted by atomic mass is 9.92. The van der Waals surface area contributed by atoms with Crippen LogP contribution in [0.5, 0.6) is 0 Å². The van der Waals surface area contributed by atoms with Gasteiger partial charge in [0.2, 0.25) is 11.8 Å². The summed E-state index contributed by atoms with van der Waals surface area (Å²) in [6, 6.07) is -0.334. The Morgan fingerprint density at radius 2 is 1.94 bits per heavy atom. The van der Waals surface area contributed by atoms with Crippen molar-refractivity contribution in [2.75, 3.05) is 6.54 Å². The van der Waals surface area contributed by atoms with Gasteiger partial charge in [-0.3, -0.25) is 9.59 Å². The molecule has 4 nitrogen and oxygen atoms in total. The highest BCUT2D eigenvalue weighted by molar-refractivity contribution is 5.99. The van der Waals surface area contributed by atoms with Crippen LogP contribution in [-0.4, -0.2) is 34.8 Å². The van der Waals surface area contributed by atoms with Crippen LogP contribution < -0.4 is 5.32 Å². The fraction of sp³-hybridized carbons (Fsp3) is 0.846. The Kier molecular flexibility index (Phi) is 4.54. The number of amides is 2. The smallest absolute Gasteiger partial charge is 0.248 e. The number of piperazine rings is 1. The second-order valence-corrected chi connectivity index (χ2v) is 5.06. The normalized spacial score (nSPS) is 29.4. The van der Waals surface area contributed by atoms with Crippen molar-refractivity contribution in [3.8, 4) is 0 Å². The summed E-state index contributed by atoms with van der Waals surface area (Å²) < 4.78 is 0. The SMILES string of the molecule is CCCCCN1C(=O)C(C)(CC)NC(=O)C1C. The molecule has 1 aliphatic rings. The zero-order chi connectivity index (χ0) is 13.1. The third kappa shape index (κ3) is 2.79. The molecule has 0 radical (unpaired) electrons. The van der Waals surface area contributed by atoms with E-state index in [4.69, 9.17) is 0 Å². The van der Waals surface area contributed by atoms with Gasteiger partial charge in [0.15, 0.2) is 0 Å². The predicted molar refractivity (Wildman–Crippen MR) is 67.5 cm³/mol. The first kappa shape index (κ1) is 14.0. The first-order valence-electron chi connectivity index (χ1n) is 6.59. The lowest BCUT2D eigenvalue weighted by Crippen LogP contribution is -2.68. The van der Waals surface area contributed by atoms with Crippen LogP contribution in [0, 0.1) is 0 Å². The van der Waals surface area contributed by atoms with Gasteiger partial charge in [0, 0.05) is 6.54 Å². The Hall–Kier alpha value is -1.06. The molecule has 1 N–H and O–H groups in total. The molecule has 0 aliphatic carbocycles. The van der Waals surface area contributed by atoms with Crippen LogP contribution in [0.2, 0.25) is 0 Å². The average molecular weight is 240 g/mol. The number of nitrogens with zero attached hydrogens (tertiary/aromatic N) is 1. The summed E-state index contributed by atoms with van der Waals surface area (Å²) in [5.41, 5.74) is -0.712. The average Bonchev–Trinajstić information content (AvgIpc) is 2.31. The molecule has 0 spiro atoms. The highest BCUT2D eigenvalue weighted by Crippen LogP contribution is 2.21. The Morgan fingerprint density at radius 3 is 2.47 bits per heavy atom. The first-order valence-corrected chi connectivity index (χ1v) is 6.59. The fourth-order valence-corrected chi connectivity index (χ4v) is 2.13. The van der Waals surface area contributed by atoms with E-state index in [0.29, 0.717) is 13.0 Å². The molecular formula is C13H24N2O2. The fourth-order valence-electron chi connectivity index (χ4n) is 2.13. The van der Waals surface area contributed by atoms with E-state index in [1.54, 1.807) is 11.8 Å². The topological polar surface area (TPSA) is 49.4 Å². The molecule has 0 saturated carbocycles. The number of carbonyl (C=O) groups is 2. The van der Waals surface area contributed by atoms with Gasteiger partial charge in [-0.2, -0.15) is 0 Å². The van der Waals surface area contributed by atoms with Crippen LogP contribution in [0.1, 0.15) is 53.4 Å². The molecule has 0 aromatic heterocycles. The maximum atomic E-state index is 12.3. The predicted octanol–water partition coefficient (Wildman–Crippen LogP) is 1.69. The van der Waals surface area contributed by atoms with Crippen molar-refractivity contribution >= 4 is 11.8 Å². The summed E-state index contributed by atoms with van der Waals surface area (Å²) in [4.78, 5) is 25.9. The van der Waals surface area contributed by atoms with Gasteiger partial charge in [0.1, 0.15) is 11.6 Å². The molecule has 98 valence electrons. The molecule has 2 amide bonds. The summed E-state index contributed by atoms with van der Waals surface area (Å²) in [7, 11) is 0. The molecule has 2 atom stereocenters. The van der Waals surface area contributed by atoms with Gasteiger partial charge in [-0.25, -0.2) is 0 Å². The molecule has 0 aromatic rings. The molecule has 1 aliphatic heterocycles. The van der Waals surface area contributed by atoms with Crippen LogP contribution in [-0.2, 0) is 9.59 Å². The Morgan fingerprint density at radius 1 is 1.29 bits per heavy atom. The van der Waals surface area contributed by atoms with Crippen molar-refractivity contribution in [1.29, 1.82) is 0 Å². The molecule has 1 fully saturated rings. The quantitative estimate of drug-likeness (QED) is 0.743. The van der Waals surface area contributed by atoms with Crippen LogP contribution in [0.15, 0.2) is 0 Å².